The number of phenols is 3. The molecule has 0 aliphatic heterocycles. The van der Waals surface area contributed by atoms with Crippen LogP contribution in [0.25, 0.3) is 0 Å². The van der Waals surface area contributed by atoms with Crippen LogP contribution in [0.1, 0.15) is 284 Å². The maximum atomic E-state index is 13.0. The molecule has 0 saturated heterocycles. The predicted octanol–water partition coefficient (Wildman–Crippen LogP) is 18.6. The van der Waals surface area contributed by atoms with Gasteiger partial charge in [-0.25, -0.2) is 0 Å². The first-order valence-electron chi connectivity index (χ1n) is 35.1. The minimum atomic E-state index is -0.365. The summed E-state index contributed by atoms with van der Waals surface area (Å²) in [6.45, 7) is 46.2. The smallest absolute Gasteiger partial charge is 0.305 e. The van der Waals surface area contributed by atoms with Crippen molar-refractivity contribution in [2.45, 2.75) is 255 Å². The number of esters is 3. The van der Waals surface area contributed by atoms with Crippen molar-refractivity contribution in [3.63, 3.8) is 0 Å². The summed E-state index contributed by atoms with van der Waals surface area (Å²) in [5.41, 5.74) is 13.4. The lowest BCUT2D eigenvalue weighted by atomic mass is 9.79. The molecule has 12 heteroatoms. The highest BCUT2D eigenvalue weighted by Crippen LogP contribution is 2.46. The molecule has 0 radical (unpaired) electrons. The van der Waals surface area contributed by atoms with Gasteiger partial charge >= 0.3 is 17.9 Å². The van der Waals surface area contributed by atoms with Gasteiger partial charge in [0.05, 0.1) is 39.6 Å². The Labute approximate surface area is 575 Å². The summed E-state index contributed by atoms with van der Waals surface area (Å²) in [5.74, 6) is 1.39. The van der Waals surface area contributed by atoms with Crippen molar-refractivity contribution in [2.75, 3.05) is 39.6 Å². The normalized spacial score (nSPS) is 13.3. The van der Waals surface area contributed by atoms with E-state index in [0.717, 1.165) is 66.8 Å². The number of hydrogen-bond acceptors (Lipinski definition) is 12. The van der Waals surface area contributed by atoms with Gasteiger partial charge in [0, 0.05) is 57.8 Å². The fraction of sp³-hybridized carbons (Fsp3) is 0.536. The number of hydrogen-bond donors (Lipinski definition) is 3. The summed E-state index contributed by atoms with van der Waals surface area (Å²) < 4.78 is 37.6. The Morgan fingerprint density at radius 2 is 0.448 bits per heavy atom. The van der Waals surface area contributed by atoms with Crippen molar-refractivity contribution in [1.82, 2.24) is 0 Å². The average molecular weight is 1320 g/mol. The lowest BCUT2D eigenvalue weighted by Crippen LogP contribution is -2.17. The van der Waals surface area contributed by atoms with E-state index in [2.05, 4.69) is 197 Å². The van der Waals surface area contributed by atoms with Gasteiger partial charge in [0.25, 0.3) is 0 Å². The van der Waals surface area contributed by atoms with Gasteiger partial charge in [0.1, 0.15) is 34.5 Å². The van der Waals surface area contributed by atoms with E-state index in [1.807, 2.05) is 0 Å². The van der Waals surface area contributed by atoms with Gasteiger partial charge < -0.3 is 43.7 Å². The number of benzene rings is 6. The maximum Gasteiger partial charge on any atom is 0.305 e. The van der Waals surface area contributed by atoms with E-state index >= 15 is 0 Å². The molecule has 0 unspecified atom stereocenters. The summed E-state index contributed by atoms with van der Waals surface area (Å²) in [4.78, 5) is 38.8. The fourth-order valence-electron chi connectivity index (χ4n) is 12.4. The molecule has 0 atom stereocenters. The van der Waals surface area contributed by atoms with Crippen LogP contribution in [0, 0.1) is 0 Å². The standard InChI is InChI=1S/C84H114O12/c1-22-91-70(85)28-25-31-94-76-58-36-56-44-65(80(7,8)9)42-54(74(56)89)34-52-40-64(79(4,5)6)41-53(73(52)88)35-55-43-66(81(10,11)12)45-57(75(55)90)37-59-47-68(83(16,17)18)49-61(77(59)95-32-26-29-71(86)92-23-2)39-63-51-69(84(19,20)21)50-62(38-60(76)48-67(46-58)82(13,14)15)78(63)96-33-27-30-72(87)93-24-3/h40-51,88-90H,22-39H2,1-21H3. The Balaban J connectivity index is 1.66. The zero-order valence-electron chi connectivity index (χ0n) is 62.2. The van der Waals surface area contributed by atoms with Crippen LogP contribution < -0.4 is 14.2 Å². The van der Waals surface area contributed by atoms with Crippen LogP contribution in [0.15, 0.2) is 72.8 Å². The molecule has 1 aliphatic rings. The number of carbonyl (C=O) groups excluding carboxylic acids is 3. The minimum Gasteiger partial charge on any atom is -0.507 e. The molecule has 96 heavy (non-hydrogen) atoms. The summed E-state index contributed by atoms with van der Waals surface area (Å²) in [6.07, 6.45) is 3.35. The van der Waals surface area contributed by atoms with E-state index in [1.54, 1.807) is 20.8 Å². The molecule has 522 valence electrons. The molecule has 0 saturated carbocycles. The fourth-order valence-corrected chi connectivity index (χ4v) is 12.4. The number of carbonyl (C=O) groups is 3. The van der Waals surface area contributed by atoms with Crippen molar-refractivity contribution >= 4 is 17.9 Å². The van der Waals surface area contributed by atoms with Crippen LogP contribution in [0.2, 0.25) is 0 Å². The lowest BCUT2D eigenvalue weighted by molar-refractivity contribution is -0.144. The highest BCUT2D eigenvalue weighted by Gasteiger charge is 2.31. The SMILES string of the molecule is CCOC(=O)CCCOc1c2cc(C(C)(C)C)cc1Cc1cc(C(C)(C)C)cc(c1OCCCC(=O)OCC)Cc1cc(C(C)(C)C)cc(c1OCCCC(=O)OCC)Cc1cc(C(C)(C)C)cc(c1O)Cc1cc(C(C)(C)C)cc(c1O)Cc1cc(C(C)(C)C)cc(c1O)C2. The third-order valence-corrected chi connectivity index (χ3v) is 18.2. The Kier molecular flexibility index (Phi) is 24.5. The van der Waals surface area contributed by atoms with Gasteiger partial charge in [-0.2, -0.15) is 0 Å². The minimum absolute atomic E-state index is 0.101. The lowest BCUT2D eigenvalue weighted by Gasteiger charge is -2.28. The average Bonchev–Trinajstić information content (AvgIpc) is 0.778. The molecule has 7 rings (SSSR count). The number of aromatic hydroxyl groups is 3. The topological polar surface area (TPSA) is 167 Å². The number of fused-ring (bicyclic) bond motifs is 12. The highest BCUT2D eigenvalue weighted by molar-refractivity contribution is 5.70. The number of ether oxygens (including phenoxy) is 6. The summed E-state index contributed by atoms with van der Waals surface area (Å²) in [5, 5.41) is 38.9. The predicted molar refractivity (Wildman–Crippen MR) is 387 cm³/mol. The first-order chi connectivity index (χ1) is 44.7. The van der Waals surface area contributed by atoms with Crippen molar-refractivity contribution < 1.29 is 58.1 Å². The van der Waals surface area contributed by atoms with Gasteiger partial charge in [0.2, 0.25) is 0 Å². The molecular weight excluding hydrogens is 1200 g/mol. The first-order valence-corrected chi connectivity index (χ1v) is 35.1. The van der Waals surface area contributed by atoms with Crippen molar-refractivity contribution in [3.8, 4) is 34.5 Å². The number of rotatable bonds is 18. The molecule has 6 aromatic carbocycles. The molecule has 0 spiro atoms. The molecule has 6 aromatic rings. The molecular formula is C84H114O12. The van der Waals surface area contributed by atoms with Crippen LogP contribution >= 0.6 is 0 Å². The Bertz CT molecular complexity index is 3530. The van der Waals surface area contributed by atoms with E-state index in [4.69, 9.17) is 28.4 Å². The molecule has 0 aromatic heterocycles. The van der Waals surface area contributed by atoms with Gasteiger partial charge in [-0.1, -0.05) is 197 Å². The van der Waals surface area contributed by atoms with E-state index in [1.165, 1.54) is 0 Å². The van der Waals surface area contributed by atoms with Crippen LogP contribution in [0.5, 0.6) is 34.5 Å². The van der Waals surface area contributed by atoms with Gasteiger partial charge in [-0.15, -0.1) is 0 Å². The van der Waals surface area contributed by atoms with Crippen molar-refractivity contribution in [2.24, 2.45) is 0 Å². The summed E-state index contributed by atoms with van der Waals surface area (Å²) in [6, 6.07) is 25.9. The van der Waals surface area contributed by atoms with Gasteiger partial charge in [0.15, 0.2) is 0 Å². The second-order valence-corrected chi connectivity index (χ2v) is 32.6. The Hall–Kier alpha value is -7.47. The molecule has 1 aliphatic carbocycles. The van der Waals surface area contributed by atoms with Crippen molar-refractivity contribution in [3.05, 3.63) is 173 Å². The monoisotopic (exact) mass is 1310 g/mol. The second-order valence-electron chi connectivity index (χ2n) is 32.6. The van der Waals surface area contributed by atoms with E-state index in [9.17, 15) is 29.7 Å². The molecule has 0 fully saturated rings. The molecule has 3 N–H and O–H groups in total. The highest BCUT2D eigenvalue weighted by atomic mass is 16.5. The molecule has 0 amide bonds. The summed E-state index contributed by atoms with van der Waals surface area (Å²) in [7, 11) is 0. The van der Waals surface area contributed by atoms with E-state index in [0.29, 0.717) is 82.7 Å². The quantitative estimate of drug-likeness (QED) is 0.0423. The van der Waals surface area contributed by atoms with Crippen LogP contribution in [-0.2, 0) is 99.6 Å². The maximum absolute atomic E-state index is 13.0. The Morgan fingerprint density at radius 1 is 0.292 bits per heavy atom. The van der Waals surface area contributed by atoms with Gasteiger partial charge in [-0.3, -0.25) is 14.4 Å². The third kappa shape index (κ3) is 19.9. The van der Waals surface area contributed by atoms with Crippen LogP contribution in [-0.4, -0.2) is 72.9 Å². The van der Waals surface area contributed by atoms with Crippen molar-refractivity contribution in [1.29, 1.82) is 0 Å². The Morgan fingerprint density at radius 3 is 0.615 bits per heavy atom. The van der Waals surface area contributed by atoms with E-state index < -0.39 is 0 Å². The first kappa shape index (κ1) is 75.9. The van der Waals surface area contributed by atoms with Crippen LogP contribution in [0.4, 0.5) is 0 Å². The largest absolute Gasteiger partial charge is 0.507 e. The molecule has 0 heterocycles. The zero-order chi connectivity index (χ0) is 71.0. The number of phenolic OH excluding ortho intramolecular Hbond substituents is 3. The molecule has 12 bridgehead atoms. The third-order valence-electron chi connectivity index (χ3n) is 18.2. The van der Waals surface area contributed by atoms with Gasteiger partial charge in [-0.05, 0) is 173 Å². The molecule has 12 nitrogen and oxygen atoms in total. The van der Waals surface area contributed by atoms with E-state index in [-0.39, 0.29) is 152 Å². The van der Waals surface area contributed by atoms with Crippen LogP contribution in [0.3, 0.4) is 0 Å². The summed E-state index contributed by atoms with van der Waals surface area (Å²) >= 11 is 0. The second kappa shape index (κ2) is 30.9. The zero-order valence-corrected chi connectivity index (χ0v) is 62.2.